The van der Waals surface area contributed by atoms with E-state index in [1.54, 1.807) is 7.05 Å². The van der Waals surface area contributed by atoms with Gasteiger partial charge in [-0.1, -0.05) is 6.92 Å². The van der Waals surface area contributed by atoms with Crippen molar-refractivity contribution in [3.05, 3.63) is 0 Å². The average Bonchev–Trinajstić information content (AvgIpc) is 3.07. The fourth-order valence-corrected chi connectivity index (χ4v) is 2.47. The Morgan fingerprint density at radius 2 is 1.95 bits per heavy atom. The maximum atomic E-state index is 12.2. The van der Waals surface area contributed by atoms with Crippen LogP contribution in [0.2, 0.25) is 0 Å². The molecule has 1 aliphatic carbocycles. The Balaban J connectivity index is 1.84. The van der Waals surface area contributed by atoms with Crippen LogP contribution in [0, 0.1) is 11.8 Å². The summed E-state index contributed by atoms with van der Waals surface area (Å²) in [6.07, 6.45) is 2.01. The summed E-state index contributed by atoms with van der Waals surface area (Å²) in [5, 5.41) is 11.9. The van der Waals surface area contributed by atoms with Crippen LogP contribution in [0.4, 0.5) is 4.79 Å². The van der Waals surface area contributed by atoms with Crippen LogP contribution in [-0.4, -0.2) is 65.5 Å². The molecule has 0 aromatic heterocycles. The smallest absolute Gasteiger partial charge is 0.320 e. The van der Waals surface area contributed by atoms with E-state index in [-0.39, 0.29) is 37.0 Å². The third-order valence-electron chi connectivity index (χ3n) is 3.85. The van der Waals surface area contributed by atoms with Crippen molar-refractivity contribution >= 4 is 17.9 Å². The Morgan fingerprint density at radius 1 is 1.30 bits per heavy atom. The summed E-state index contributed by atoms with van der Waals surface area (Å²) in [5.41, 5.74) is 0. The highest BCUT2D eigenvalue weighted by Gasteiger charge is 2.38. The number of carbonyl (C=O) groups is 3. The van der Waals surface area contributed by atoms with E-state index < -0.39 is 11.9 Å². The molecule has 2 aliphatic rings. The molecule has 112 valence electrons. The minimum atomic E-state index is -0.873. The zero-order valence-corrected chi connectivity index (χ0v) is 11.8. The number of rotatable bonds is 4. The molecule has 2 fully saturated rings. The van der Waals surface area contributed by atoms with Gasteiger partial charge in [-0.15, -0.1) is 0 Å². The number of amides is 3. The van der Waals surface area contributed by atoms with Gasteiger partial charge in [-0.05, 0) is 18.8 Å². The lowest BCUT2D eigenvalue weighted by atomic mass is 9.99. The fraction of sp³-hybridized carbons (Fsp3) is 0.769. The molecule has 7 heteroatoms. The number of hydrogen-bond donors (Lipinski definition) is 2. The van der Waals surface area contributed by atoms with Crippen LogP contribution < -0.4 is 5.32 Å². The maximum absolute atomic E-state index is 12.2. The van der Waals surface area contributed by atoms with Crippen molar-refractivity contribution < 1.29 is 19.5 Å². The number of carbonyl (C=O) groups excluding carboxylic acids is 2. The topological polar surface area (TPSA) is 90.0 Å². The SMILES string of the molecule is C[C@@H]1CN(C(=O)N(C)CC(=O)NC2CC2)C[C@H]1C(=O)O. The molecule has 20 heavy (non-hydrogen) atoms. The number of nitrogens with one attached hydrogen (secondary N) is 1. The largest absolute Gasteiger partial charge is 0.481 e. The molecule has 1 saturated carbocycles. The van der Waals surface area contributed by atoms with E-state index in [2.05, 4.69) is 5.32 Å². The van der Waals surface area contributed by atoms with Crippen molar-refractivity contribution in [3.8, 4) is 0 Å². The summed E-state index contributed by atoms with van der Waals surface area (Å²) in [6, 6.07) is -0.0132. The quantitative estimate of drug-likeness (QED) is 0.758. The predicted molar refractivity (Wildman–Crippen MR) is 71.1 cm³/mol. The first-order chi connectivity index (χ1) is 9.38. The molecule has 7 nitrogen and oxygen atoms in total. The minimum absolute atomic E-state index is 0.0119. The zero-order chi connectivity index (χ0) is 14.9. The van der Waals surface area contributed by atoms with Gasteiger partial charge in [-0.3, -0.25) is 9.59 Å². The average molecular weight is 283 g/mol. The lowest BCUT2D eigenvalue weighted by molar-refractivity contribution is -0.142. The molecule has 0 spiro atoms. The maximum Gasteiger partial charge on any atom is 0.320 e. The van der Waals surface area contributed by atoms with Crippen molar-refractivity contribution in [2.75, 3.05) is 26.7 Å². The molecule has 1 saturated heterocycles. The molecule has 2 N–H and O–H groups in total. The van der Waals surface area contributed by atoms with Crippen molar-refractivity contribution in [1.29, 1.82) is 0 Å². The molecule has 2 rings (SSSR count). The zero-order valence-electron chi connectivity index (χ0n) is 11.8. The Morgan fingerprint density at radius 3 is 2.45 bits per heavy atom. The van der Waals surface area contributed by atoms with Crippen LogP contribution in [-0.2, 0) is 9.59 Å². The molecule has 0 bridgehead atoms. The Bertz CT molecular complexity index is 422. The molecule has 2 atom stereocenters. The number of nitrogens with zero attached hydrogens (tertiary/aromatic N) is 2. The van der Waals surface area contributed by atoms with Gasteiger partial charge in [0.25, 0.3) is 0 Å². The highest BCUT2D eigenvalue weighted by molar-refractivity contribution is 5.84. The van der Waals surface area contributed by atoms with Crippen LogP contribution in [0.25, 0.3) is 0 Å². The second-order valence-electron chi connectivity index (χ2n) is 5.81. The molecule has 0 aromatic rings. The summed E-state index contributed by atoms with van der Waals surface area (Å²) >= 11 is 0. The predicted octanol–water partition coefficient (Wildman–Crippen LogP) is -0.0307. The Hall–Kier alpha value is -1.79. The van der Waals surface area contributed by atoms with Crippen LogP contribution in [0.5, 0.6) is 0 Å². The number of urea groups is 1. The van der Waals surface area contributed by atoms with E-state index in [0.29, 0.717) is 6.54 Å². The first-order valence-corrected chi connectivity index (χ1v) is 6.90. The minimum Gasteiger partial charge on any atom is -0.481 e. The Kier molecular flexibility index (Phi) is 4.15. The van der Waals surface area contributed by atoms with Gasteiger partial charge in [-0.2, -0.15) is 0 Å². The molecule has 0 unspecified atom stereocenters. The van der Waals surface area contributed by atoms with Crippen molar-refractivity contribution in [2.24, 2.45) is 11.8 Å². The van der Waals surface area contributed by atoms with Crippen molar-refractivity contribution in [1.82, 2.24) is 15.1 Å². The molecule has 0 aromatic carbocycles. The lowest BCUT2D eigenvalue weighted by Gasteiger charge is -2.24. The highest BCUT2D eigenvalue weighted by atomic mass is 16.4. The van der Waals surface area contributed by atoms with Crippen molar-refractivity contribution in [3.63, 3.8) is 0 Å². The summed E-state index contributed by atoms with van der Waals surface area (Å²) < 4.78 is 0. The van der Waals surface area contributed by atoms with Gasteiger partial charge in [0.1, 0.15) is 6.54 Å². The van der Waals surface area contributed by atoms with Gasteiger partial charge in [0.05, 0.1) is 5.92 Å². The monoisotopic (exact) mass is 283 g/mol. The van der Waals surface area contributed by atoms with E-state index >= 15 is 0 Å². The highest BCUT2D eigenvalue weighted by Crippen LogP contribution is 2.24. The van der Waals surface area contributed by atoms with Crippen LogP contribution in [0.15, 0.2) is 0 Å². The summed E-state index contributed by atoms with van der Waals surface area (Å²) in [6.45, 7) is 2.47. The van der Waals surface area contributed by atoms with Gasteiger partial charge < -0.3 is 20.2 Å². The molecule has 1 aliphatic heterocycles. The van der Waals surface area contributed by atoms with Crippen LogP contribution in [0.3, 0.4) is 0 Å². The van der Waals surface area contributed by atoms with Gasteiger partial charge >= 0.3 is 12.0 Å². The first-order valence-electron chi connectivity index (χ1n) is 6.90. The lowest BCUT2D eigenvalue weighted by Crippen LogP contribution is -2.45. The third-order valence-corrected chi connectivity index (χ3v) is 3.85. The van der Waals surface area contributed by atoms with E-state index in [0.717, 1.165) is 12.8 Å². The third kappa shape index (κ3) is 3.40. The number of hydrogen-bond acceptors (Lipinski definition) is 3. The number of likely N-dealkylation sites (tertiary alicyclic amines) is 1. The van der Waals surface area contributed by atoms with Crippen LogP contribution in [0.1, 0.15) is 19.8 Å². The summed E-state index contributed by atoms with van der Waals surface area (Å²) in [4.78, 5) is 37.7. The molecule has 1 heterocycles. The summed E-state index contributed by atoms with van der Waals surface area (Å²) in [5.74, 6) is -1.62. The standard InChI is InChI=1S/C13H21N3O4/c1-8-5-16(6-10(8)12(18)19)13(20)15(2)7-11(17)14-9-3-4-9/h8-10H,3-7H2,1-2H3,(H,14,17)(H,18,19)/t8-,10-/m1/s1. The molecular weight excluding hydrogens is 262 g/mol. The number of aliphatic carboxylic acids is 1. The van der Waals surface area contributed by atoms with Gasteiger partial charge in [-0.25, -0.2) is 4.79 Å². The first kappa shape index (κ1) is 14.6. The Labute approximate surface area is 117 Å². The van der Waals surface area contributed by atoms with Crippen molar-refractivity contribution in [2.45, 2.75) is 25.8 Å². The van der Waals surface area contributed by atoms with E-state index in [1.807, 2.05) is 6.92 Å². The fourth-order valence-electron chi connectivity index (χ4n) is 2.47. The number of carboxylic acids is 1. The van der Waals surface area contributed by atoms with Gasteiger partial charge in [0.2, 0.25) is 5.91 Å². The second kappa shape index (κ2) is 5.68. The molecule has 3 amide bonds. The van der Waals surface area contributed by atoms with Gasteiger partial charge in [0, 0.05) is 26.2 Å². The second-order valence-corrected chi connectivity index (χ2v) is 5.81. The van der Waals surface area contributed by atoms with E-state index in [4.69, 9.17) is 5.11 Å². The van der Waals surface area contributed by atoms with Crippen LogP contribution >= 0.6 is 0 Å². The molecule has 0 radical (unpaired) electrons. The van der Waals surface area contributed by atoms with E-state index in [9.17, 15) is 14.4 Å². The number of carboxylic acid groups (broad SMARTS) is 1. The van der Waals surface area contributed by atoms with Gasteiger partial charge in [0.15, 0.2) is 0 Å². The normalized spacial score (nSPS) is 25.4. The number of likely N-dealkylation sites (N-methyl/N-ethyl adjacent to an activating group) is 1. The molecular formula is C13H21N3O4. The summed E-state index contributed by atoms with van der Waals surface area (Å²) in [7, 11) is 1.56. The van der Waals surface area contributed by atoms with E-state index in [1.165, 1.54) is 9.80 Å².